The zero-order valence-electron chi connectivity index (χ0n) is 15.0. The number of benzene rings is 2. The van der Waals surface area contributed by atoms with E-state index in [1.54, 1.807) is 37.3 Å². The maximum atomic E-state index is 10.9. The van der Waals surface area contributed by atoms with E-state index < -0.39 is 5.79 Å². The van der Waals surface area contributed by atoms with Gasteiger partial charge in [-0.2, -0.15) is 0 Å². The van der Waals surface area contributed by atoms with Gasteiger partial charge < -0.3 is 19.7 Å². The highest BCUT2D eigenvalue weighted by Crippen LogP contribution is 2.35. The summed E-state index contributed by atoms with van der Waals surface area (Å²) in [5, 5.41) is 18.8. The molecule has 0 radical (unpaired) electrons. The molecule has 5 nitrogen and oxygen atoms in total. The molecule has 0 aliphatic carbocycles. The Morgan fingerprint density at radius 1 is 0.960 bits per heavy atom. The number of rotatable bonds is 2. The van der Waals surface area contributed by atoms with Crippen LogP contribution in [-0.2, 0) is 15.3 Å². The van der Waals surface area contributed by atoms with Crippen molar-refractivity contribution in [1.29, 1.82) is 0 Å². The fraction of sp³-hybridized carbons (Fsp3) is 0.350. The second-order valence-corrected chi connectivity index (χ2v) is 6.10. The zero-order chi connectivity index (χ0) is 18.6. The summed E-state index contributed by atoms with van der Waals surface area (Å²) < 4.78 is 11.1. The molecule has 1 aliphatic heterocycles. The van der Waals surface area contributed by atoms with Crippen molar-refractivity contribution in [3.05, 3.63) is 58.7 Å². The summed E-state index contributed by atoms with van der Waals surface area (Å²) in [4.78, 5) is 10.9. The van der Waals surface area contributed by atoms with Gasteiger partial charge in [-0.1, -0.05) is 24.3 Å². The highest BCUT2D eigenvalue weighted by atomic mass is 16.7. The number of Topliss-reactive ketones (excluding diaryl/α,β-unsaturated/α-hetero) is 1. The van der Waals surface area contributed by atoms with Crippen LogP contribution in [0.3, 0.4) is 0 Å². The third kappa shape index (κ3) is 4.18. The van der Waals surface area contributed by atoms with Gasteiger partial charge in [0.25, 0.3) is 0 Å². The number of ketones is 1. The lowest BCUT2D eigenvalue weighted by Gasteiger charge is -2.24. The maximum Gasteiger partial charge on any atom is 0.192 e. The minimum Gasteiger partial charge on any atom is -0.508 e. The molecule has 1 fully saturated rings. The van der Waals surface area contributed by atoms with Gasteiger partial charge in [0.15, 0.2) is 11.6 Å². The normalized spacial score (nSPS) is 15.4. The van der Waals surface area contributed by atoms with Gasteiger partial charge in [0.1, 0.15) is 11.5 Å². The molecule has 0 bridgehead atoms. The zero-order valence-corrected chi connectivity index (χ0v) is 15.0. The summed E-state index contributed by atoms with van der Waals surface area (Å²) in [6.07, 6.45) is 0. The quantitative estimate of drug-likeness (QED) is 0.810. The molecule has 3 rings (SSSR count). The molecule has 0 atom stereocenters. The molecule has 1 aliphatic rings. The molecule has 0 amide bonds. The van der Waals surface area contributed by atoms with Crippen LogP contribution in [0.2, 0.25) is 0 Å². The number of phenolic OH excluding ortho intramolecular Hbond substituents is 2. The van der Waals surface area contributed by atoms with Crippen LogP contribution in [0, 0.1) is 13.8 Å². The second kappa shape index (κ2) is 7.68. The van der Waals surface area contributed by atoms with Gasteiger partial charge in [-0.15, -0.1) is 0 Å². The van der Waals surface area contributed by atoms with Gasteiger partial charge in [-0.25, -0.2) is 0 Å². The van der Waals surface area contributed by atoms with Gasteiger partial charge >= 0.3 is 0 Å². The van der Waals surface area contributed by atoms with Crippen LogP contribution in [0.1, 0.15) is 40.9 Å². The lowest BCUT2D eigenvalue weighted by Crippen LogP contribution is -2.23. The molecule has 0 saturated carbocycles. The Hall–Kier alpha value is -2.37. The molecule has 2 aromatic carbocycles. The number of carbonyl (C=O) groups is 1. The van der Waals surface area contributed by atoms with Crippen molar-refractivity contribution >= 4 is 5.78 Å². The summed E-state index contributed by atoms with van der Waals surface area (Å²) in [5.41, 5.74) is 2.96. The lowest BCUT2D eigenvalue weighted by atomic mass is 10.0. The number of phenols is 2. The van der Waals surface area contributed by atoms with E-state index in [2.05, 4.69) is 0 Å². The Bertz CT molecular complexity index is 761. The Balaban J connectivity index is 0.000000186. The van der Waals surface area contributed by atoms with E-state index in [4.69, 9.17) is 9.47 Å². The molecule has 0 aromatic heterocycles. The molecule has 2 aromatic rings. The van der Waals surface area contributed by atoms with Crippen molar-refractivity contribution in [3.8, 4) is 11.5 Å². The smallest absolute Gasteiger partial charge is 0.192 e. The first-order valence-corrected chi connectivity index (χ1v) is 8.12. The molecule has 25 heavy (non-hydrogen) atoms. The maximum absolute atomic E-state index is 10.9. The summed E-state index contributed by atoms with van der Waals surface area (Å²) >= 11 is 0. The van der Waals surface area contributed by atoms with Gasteiger partial charge in [0.2, 0.25) is 0 Å². The van der Waals surface area contributed by atoms with Gasteiger partial charge in [0.05, 0.1) is 13.2 Å². The van der Waals surface area contributed by atoms with E-state index in [9.17, 15) is 15.0 Å². The minimum absolute atomic E-state index is 0.0154. The first-order chi connectivity index (χ1) is 11.8. The van der Waals surface area contributed by atoms with Crippen molar-refractivity contribution in [3.63, 3.8) is 0 Å². The van der Waals surface area contributed by atoms with E-state index in [1.165, 1.54) is 6.92 Å². The summed E-state index contributed by atoms with van der Waals surface area (Å²) in [6.45, 7) is 8.16. The van der Waals surface area contributed by atoms with Crippen LogP contribution in [0.5, 0.6) is 11.5 Å². The monoisotopic (exact) mass is 344 g/mol. The number of aromatic hydroxyl groups is 2. The van der Waals surface area contributed by atoms with Crippen LogP contribution >= 0.6 is 0 Å². The third-order valence-corrected chi connectivity index (χ3v) is 4.32. The largest absolute Gasteiger partial charge is 0.508 e. The van der Waals surface area contributed by atoms with E-state index in [0.29, 0.717) is 24.3 Å². The number of hydrogen-bond acceptors (Lipinski definition) is 5. The first-order valence-electron chi connectivity index (χ1n) is 8.12. The van der Waals surface area contributed by atoms with Crippen LogP contribution in [0.15, 0.2) is 36.4 Å². The SMILES string of the molecule is CC(=O)c1cccc(O)c1C.Cc1c(O)cccc1C1(C)OCCO1. The topological polar surface area (TPSA) is 76.0 Å². The second-order valence-electron chi connectivity index (χ2n) is 6.10. The number of carbonyl (C=O) groups excluding carboxylic acids is 1. The Labute approximate surface area is 147 Å². The summed E-state index contributed by atoms with van der Waals surface area (Å²) in [6, 6.07) is 10.3. The Kier molecular flexibility index (Phi) is 5.82. The van der Waals surface area contributed by atoms with Crippen molar-refractivity contribution < 1.29 is 24.5 Å². The minimum atomic E-state index is -0.692. The van der Waals surface area contributed by atoms with E-state index in [1.807, 2.05) is 19.9 Å². The van der Waals surface area contributed by atoms with Gasteiger partial charge in [-0.05, 0) is 45.4 Å². The average molecular weight is 344 g/mol. The van der Waals surface area contributed by atoms with E-state index in [-0.39, 0.29) is 17.3 Å². The molecule has 0 unspecified atom stereocenters. The molecule has 1 saturated heterocycles. The summed E-state index contributed by atoms with van der Waals surface area (Å²) in [7, 11) is 0. The van der Waals surface area contributed by atoms with Crippen molar-refractivity contribution in [2.75, 3.05) is 13.2 Å². The fourth-order valence-electron chi connectivity index (χ4n) is 2.79. The van der Waals surface area contributed by atoms with E-state index in [0.717, 1.165) is 11.1 Å². The van der Waals surface area contributed by atoms with E-state index >= 15 is 0 Å². The molecule has 134 valence electrons. The third-order valence-electron chi connectivity index (χ3n) is 4.32. The lowest BCUT2D eigenvalue weighted by molar-refractivity contribution is -0.150. The van der Waals surface area contributed by atoms with Crippen molar-refractivity contribution in [1.82, 2.24) is 0 Å². The molecule has 1 heterocycles. The van der Waals surface area contributed by atoms with Crippen LogP contribution in [0.25, 0.3) is 0 Å². The molecule has 0 spiro atoms. The highest BCUT2D eigenvalue weighted by Gasteiger charge is 2.34. The molecule has 5 heteroatoms. The highest BCUT2D eigenvalue weighted by molar-refractivity contribution is 5.96. The first kappa shape index (κ1) is 19.0. The van der Waals surface area contributed by atoms with Crippen molar-refractivity contribution in [2.24, 2.45) is 0 Å². The standard InChI is InChI=1S/C11H14O3.C9H10O2/c1-8-9(4-3-5-10(8)12)11(2)13-6-7-14-11;1-6-8(7(2)10)4-3-5-9(6)11/h3-5,12H,6-7H2,1-2H3;3-5,11H,1-2H3. The molecular formula is C20H24O5. The number of hydrogen-bond donors (Lipinski definition) is 2. The predicted molar refractivity (Wildman–Crippen MR) is 94.9 cm³/mol. The van der Waals surface area contributed by atoms with Gasteiger partial charge in [-0.3, -0.25) is 4.79 Å². The molecular weight excluding hydrogens is 320 g/mol. The Morgan fingerprint density at radius 2 is 1.48 bits per heavy atom. The molecule has 2 N–H and O–H groups in total. The Morgan fingerprint density at radius 3 is 2.00 bits per heavy atom. The van der Waals surface area contributed by atoms with Crippen LogP contribution in [0.4, 0.5) is 0 Å². The fourth-order valence-corrected chi connectivity index (χ4v) is 2.79. The van der Waals surface area contributed by atoms with Gasteiger partial charge in [0, 0.05) is 16.7 Å². The number of ether oxygens (including phenoxy) is 2. The van der Waals surface area contributed by atoms with Crippen molar-refractivity contribution in [2.45, 2.75) is 33.5 Å². The van der Waals surface area contributed by atoms with Crippen LogP contribution < -0.4 is 0 Å². The summed E-state index contributed by atoms with van der Waals surface area (Å²) in [5.74, 6) is -0.248. The predicted octanol–water partition coefficient (Wildman–Crippen LogP) is 3.82. The van der Waals surface area contributed by atoms with Crippen LogP contribution in [-0.4, -0.2) is 29.2 Å². The average Bonchev–Trinajstić information content (AvgIpc) is 3.00.